The second-order valence-electron chi connectivity index (χ2n) is 6.24. The van der Waals surface area contributed by atoms with Crippen LogP contribution in [0.4, 0.5) is 4.39 Å². The van der Waals surface area contributed by atoms with Crippen molar-refractivity contribution in [1.29, 1.82) is 0 Å². The largest absolute Gasteiger partial charge is 0.351 e. The number of carbonyl (C=O) groups excluding carboxylic acids is 1. The summed E-state index contributed by atoms with van der Waals surface area (Å²) in [6.07, 6.45) is 6.41. The number of amides is 1. The van der Waals surface area contributed by atoms with Gasteiger partial charge in [0.2, 0.25) is 5.91 Å². The summed E-state index contributed by atoms with van der Waals surface area (Å²) in [5, 5.41) is 3.14. The lowest BCUT2D eigenvalue weighted by molar-refractivity contribution is -0.123. The molecule has 1 aliphatic heterocycles. The van der Waals surface area contributed by atoms with Crippen LogP contribution in [-0.4, -0.2) is 21.5 Å². The summed E-state index contributed by atoms with van der Waals surface area (Å²) in [4.78, 5) is 16.7. The summed E-state index contributed by atoms with van der Waals surface area (Å²) < 4.78 is 15.4. The zero-order valence-corrected chi connectivity index (χ0v) is 12.2. The first-order valence-electron chi connectivity index (χ1n) is 7.76. The number of nitrogens with one attached hydrogen (secondary N) is 1. The number of aromatic nitrogens is 2. The summed E-state index contributed by atoms with van der Waals surface area (Å²) in [6, 6.07) is 6.75. The van der Waals surface area contributed by atoms with Crippen LogP contribution >= 0.6 is 0 Å². The molecule has 3 atom stereocenters. The molecule has 114 valence electrons. The lowest BCUT2D eigenvalue weighted by Crippen LogP contribution is -2.41. The minimum Gasteiger partial charge on any atom is -0.351 e. The van der Waals surface area contributed by atoms with Gasteiger partial charge < -0.3 is 9.88 Å². The van der Waals surface area contributed by atoms with E-state index in [1.807, 2.05) is 12.3 Å². The van der Waals surface area contributed by atoms with Crippen molar-refractivity contribution in [3.63, 3.8) is 0 Å². The fourth-order valence-electron chi connectivity index (χ4n) is 3.38. The van der Waals surface area contributed by atoms with Gasteiger partial charge in [0.1, 0.15) is 11.6 Å². The third-order valence-corrected chi connectivity index (χ3v) is 4.69. The Morgan fingerprint density at radius 1 is 1.41 bits per heavy atom. The smallest absolute Gasteiger partial charge is 0.224 e. The molecule has 0 radical (unpaired) electrons. The molecule has 2 aliphatic rings. The highest BCUT2D eigenvalue weighted by Crippen LogP contribution is 2.47. The fourth-order valence-corrected chi connectivity index (χ4v) is 3.38. The maximum Gasteiger partial charge on any atom is 0.224 e. The zero-order valence-electron chi connectivity index (χ0n) is 12.2. The van der Waals surface area contributed by atoms with Gasteiger partial charge in [-0.2, -0.15) is 0 Å². The maximum absolute atomic E-state index is 13.3. The molecule has 1 aromatic heterocycles. The van der Waals surface area contributed by atoms with Crippen LogP contribution in [0.5, 0.6) is 0 Å². The Kier molecular flexibility index (Phi) is 3.21. The number of nitrogens with zero attached hydrogens (tertiary/aromatic N) is 2. The van der Waals surface area contributed by atoms with Crippen molar-refractivity contribution >= 4 is 5.91 Å². The minimum atomic E-state index is -0.233. The first kappa shape index (κ1) is 13.5. The lowest BCUT2D eigenvalue weighted by atomic mass is 10.1. The predicted octanol–water partition coefficient (Wildman–Crippen LogP) is 2.26. The number of carbonyl (C=O) groups is 1. The molecule has 2 heterocycles. The highest BCUT2D eigenvalue weighted by atomic mass is 19.1. The summed E-state index contributed by atoms with van der Waals surface area (Å²) >= 11 is 0. The van der Waals surface area contributed by atoms with Gasteiger partial charge in [0.05, 0.1) is 0 Å². The van der Waals surface area contributed by atoms with E-state index < -0.39 is 0 Å². The number of benzene rings is 1. The van der Waals surface area contributed by atoms with E-state index in [-0.39, 0.29) is 29.6 Å². The Labute approximate surface area is 128 Å². The average Bonchev–Trinajstić information content (AvgIpc) is 3.18. The Balaban J connectivity index is 1.36. The molecule has 1 amide bonds. The van der Waals surface area contributed by atoms with Crippen LogP contribution in [0.15, 0.2) is 36.7 Å². The molecule has 22 heavy (non-hydrogen) atoms. The van der Waals surface area contributed by atoms with Crippen LogP contribution in [0.2, 0.25) is 0 Å². The Hall–Kier alpha value is -2.17. The fraction of sp³-hybridized carbons (Fsp3) is 0.412. The van der Waals surface area contributed by atoms with E-state index in [0.717, 1.165) is 37.2 Å². The standard InChI is InChI=1S/C17H18FN3O/c18-12-3-1-2-11(8-12)14-9-15(14)17(22)20-13-4-5-16-19-6-7-21(16)10-13/h1-3,6-8,13-15H,4-5,9-10H2,(H,20,22)/t13-,14+,15+/m1/s1. The molecule has 4 nitrogen and oxygen atoms in total. The number of rotatable bonds is 3. The van der Waals surface area contributed by atoms with Crippen molar-refractivity contribution < 1.29 is 9.18 Å². The summed E-state index contributed by atoms with van der Waals surface area (Å²) in [6.45, 7) is 0.790. The van der Waals surface area contributed by atoms with E-state index in [0.29, 0.717) is 0 Å². The molecular formula is C17H18FN3O. The van der Waals surface area contributed by atoms with Crippen LogP contribution in [0, 0.1) is 11.7 Å². The molecule has 1 aromatic carbocycles. The third kappa shape index (κ3) is 2.51. The van der Waals surface area contributed by atoms with E-state index in [1.165, 1.54) is 12.1 Å². The van der Waals surface area contributed by atoms with Crippen LogP contribution in [0.3, 0.4) is 0 Å². The molecule has 1 aliphatic carbocycles. The topological polar surface area (TPSA) is 46.9 Å². The Morgan fingerprint density at radius 3 is 3.18 bits per heavy atom. The first-order chi connectivity index (χ1) is 10.7. The van der Waals surface area contributed by atoms with Crippen LogP contribution in [0.25, 0.3) is 0 Å². The van der Waals surface area contributed by atoms with Gasteiger partial charge in [0.15, 0.2) is 0 Å². The van der Waals surface area contributed by atoms with E-state index in [9.17, 15) is 9.18 Å². The van der Waals surface area contributed by atoms with Gasteiger partial charge in [-0.1, -0.05) is 12.1 Å². The summed E-state index contributed by atoms with van der Waals surface area (Å²) in [5.74, 6) is 1.12. The van der Waals surface area contributed by atoms with Crippen molar-refractivity contribution in [3.8, 4) is 0 Å². The van der Waals surface area contributed by atoms with E-state index >= 15 is 0 Å². The molecule has 0 unspecified atom stereocenters. The number of hydrogen-bond acceptors (Lipinski definition) is 2. The molecule has 1 N–H and O–H groups in total. The quantitative estimate of drug-likeness (QED) is 0.945. The van der Waals surface area contributed by atoms with Gasteiger partial charge >= 0.3 is 0 Å². The van der Waals surface area contributed by atoms with Crippen molar-refractivity contribution in [1.82, 2.24) is 14.9 Å². The van der Waals surface area contributed by atoms with Gasteiger partial charge in [-0.25, -0.2) is 9.37 Å². The second kappa shape index (κ2) is 5.23. The molecular weight excluding hydrogens is 281 g/mol. The molecule has 4 rings (SSSR count). The molecule has 5 heteroatoms. The maximum atomic E-state index is 13.3. The van der Waals surface area contributed by atoms with Crippen LogP contribution < -0.4 is 5.32 Å². The normalized spacial score (nSPS) is 26.3. The van der Waals surface area contributed by atoms with Crippen molar-refractivity contribution in [2.24, 2.45) is 5.92 Å². The van der Waals surface area contributed by atoms with Gasteiger partial charge in [-0.05, 0) is 36.5 Å². The molecule has 1 fully saturated rings. The Morgan fingerprint density at radius 2 is 2.32 bits per heavy atom. The number of aryl methyl sites for hydroxylation is 1. The van der Waals surface area contributed by atoms with Gasteiger partial charge in [0.25, 0.3) is 0 Å². The number of hydrogen-bond donors (Lipinski definition) is 1. The molecule has 0 saturated heterocycles. The average molecular weight is 299 g/mol. The predicted molar refractivity (Wildman–Crippen MR) is 79.7 cm³/mol. The molecule has 0 bridgehead atoms. The van der Waals surface area contributed by atoms with Crippen molar-refractivity contribution in [3.05, 3.63) is 53.9 Å². The highest BCUT2D eigenvalue weighted by Gasteiger charge is 2.44. The number of imidazole rings is 1. The minimum absolute atomic E-state index is 0.00835. The van der Waals surface area contributed by atoms with Crippen LogP contribution in [0.1, 0.15) is 30.1 Å². The molecule has 2 aromatic rings. The Bertz CT molecular complexity index is 711. The van der Waals surface area contributed by atoms with E-state index in [2.05, 4.69) is 14.9 Å². The summed E-state index contributed by atoms with van der Waals surface area (Å²) in [5.41, 5.74) is 0.931. The molecule has 1 saturated carbocycles. The van der Waals surface area contributed by atoms with Crippen molar-refractivity contribution in [2.75, 3.05) is 0 Å². The van der Waals surface area contributed by atoms with Crippen molar-refractivity contribution in [2.45, 2.75) is 37.8 Å². The number of halogens is 1. The lowest BCUT2D eigenvalue weighted by Gasteiger charge is -2.24. The van der Waals surface area contributed by atoms with E-state index in [1.54, 1.807) is 12.3 Å². The monoisotopic (exact) mass is 299 g/mol. The van der Waals surface area contributed by atoms with Gasteiger partial charge in [0, 0.05) is 37.3 Å². The molecule has 0 spiro atoms. The van der Waals surface area contributed by atoms with Gasteiger partial charge in [-0.15, -0.1) is 0 Å². The van der Waals surface area contributed by atoms with Crippen LogP contribution in [-0.2, 0) is 17.8 Å². The summed E-state index contributed by atoms with van der Waals surface area (Å²) in [7, 11) is 0. The van der Waals surface area contributed by atoms with Gasteiger partial charge in [-0.3, -0.25) is 4.79 Å². The first-order valence-corrected chi connectivity index (χ1v) is 7.76. The second-order valence-corrected chi connectivity index (χ2v) is 6.24. The SMILES string of the molecule is O=C(N[C@@H]1CCc2nccn2C1)[C@H]1C[C@H]1c1cccc(F)c1. The zero-order chi connectivity index (χ0) is 15.1. The number of fused-ring (bicyclic) bond motifs is 1. The third-order valence-electron chi connectivity index (χ3n) is 4.69. The highest BCUT2D eigenvalue weighted by molar-refractivity contribution is 5.83. The van der Waals surface area contributed by atoms with E-state index in [4.69, 9.17) is 0 Å².